The van der Waals surface area contributed by atoms with Gasteiger partial charge in [-0.25, -0.2) is 9.59 Å². The number of alkyl halides is 3. The molecule has 0 saturated carbocycles. The minimum atomic E-state index is -5.08. The van der Waals surface area contributed by atoms with Crippen LogP contribution >= 0.6 is 11.6 Å². The molecule has 7 nitrogen and oxygen atoms in total. The fourth-order valence-corrected chi connectivity index (χ4v) is 2.79. The summed E-state index contributed by atoms with van der Waals surface area (Å²) >= 11 is 5.83. The summed E-state index contributed by atoms with van der Waals surface area (Å²) in [5, 5.41) is 20.0. The fraction of sp³-hybridized carbons (Fsp3) is 0.318. The number of aliphatic carboxylic acids is 1. The summed E-state index contributed by atoms with van der Waals surface area (Å²) in [4.78, 5) is 35.0. The van der Waals surface area contributed by atoms with Gasteiger partial charge in [-0.05, 0) is 55.8 Å². The topological polar surface area (TPSA) is 107 Å². The highest BCUT2D eigenvalue weighted by Gasteiger charge is 2.38. The summed E-state index contributed by atoms with van der Waals surface area (Å²) in [7, 11) is 0. The van der Waals surface area contributed by atoms with Crippen molar-refractivity contribution < 1.29 is 37.8 Å². The SMILES string of the molecule is CCCCN(CC)c1ccc(NC(=O)c2ccc(Cl)cc2)cc1C(=O)O.O=C(O)C(F)(F)F. The molecule has 0 spiro atoms. The van der Waals surface area contributed by atoms with Gasteiger partial charge in [-0.15, -0.1) is 0 Å². The number of nitrogens with zero attached hydrogens (tertiary/aromatic N) is 1. The number of anilines is 2. The van der Waals surface area contributed by atoms with Crippen LogP contribution in [0.4, 0.5) is 24.5 Å². The second-order valence-electron chi connectivity index (χ2n) is 6.73. The first-order valence-corrected chi connectivity index (χ1v) is 10.3. The van der Waals surface area contributed by atoms with Crippen molar-refractivity contribution in [2.75, 3.05) is 23.3 Å². The Morgan fingerprint density at radius 2 is 1.61 bits per heavy atom. The van der Waals surface area contributed by atoms with Crippen LogP contribution in [0, 0.1) is 0 Å². The maximum Gasteiger partial charge on any atom is 0.490 e. The highest BCUT2D eigenvalue weighted by Crippen LogP contribution is 2.25. The molecule has 0 atom stereocenters. The summed E-state index contributed by atoms with van der Waals surface area (Å²) in [5.74, 6) is -4.09. The van der Waals surface area contributed by atoms with E-state index in [0.29, 0.717) is 22.0 Å². The minimum absolute atomic E-state index is 0.178. The van der Waals surface area contributed by atoms with E-state index in [9.17, 15) is 27.9 Å². The molecule has 33 heavy (non-hydrogen) atoms. The van der Waals surface area contributed by atoms with Crippen LogP contribution in [0.25, 0.3) is 0 Å². The molecule has 2 rings (SSSR count). The molecule has 2 aromatic rings. The molecule has 0 aromatic heterocycles. The Labute approximate surface area is 193 Å². The molecule has 0 radical (unpaired) electrons. The Morgan fingerprint density at radius 1 is 1.03 bits per heavy atom. The van der Waals surface area contributed by atoms with Crippen LogP contribution < -0.4 is 10.2 Å². The Balaban J connectivity index is 0.000000675. The molecule has 0 aliphatic carbocycles. The van der Waals surface area contributed by atoms with Gasteiger partial charge in [0, 0.05) is 29.4 Å². The number of nitrogens with one attached hydrogen (secondary N) is 1. The van der Waals surface area contributed by atoms with Gasteiger partial charge in [0.1, 0.15) is 0 Å². The van der Waals surface area contributed by atoms with E-state index in [1.165, 1.54) is 6.07 Å². The van der Waals surface area contributed by atoms with E-state index in [1.807, 2.05) is 11.8 Å². The third-order valence-corrected chi connectivity index (χ3v) is 4.59. The molecule has 3 N–H and O–H groups in total. The zero-order valence-electron chi connectivity index (χ0n) is 17.9. The first kappa shape index (κ1) is 27.8. The van der Waals surface area contributed by atoms with E-state index in [-0.39, 0.29) is 11.5 Å². The van der Waals surface area contributed by atoms with Crippen molar-refractivity contribution in [2.24, 2.45) is 0 Å². The lowest BCUT2D eigenvalue weighted by Crippen LogP contribution is -2.26. The number of carbonyl (C=O) groups excluding carboxylic acids is 1. The molecule has 180 valence electrons. The number of aromatic carboxylic acids is 1. The molecule has 0 saturated heterocycles. The smallest absolute Gasteiger partial charge is 0.478 e. The second-order valence-corrected chi connectivity index (χ2v) is 7.17. The number of halogens is 4. The number of carboxylic acids is 2. The highest BCUT2D eigenvalue weighted by molar-refractivity contribution is 6.30. The quantitative estimate of drug-likeness (QED) is 0.449. The second kappa shape index (κ2) is 12.7. The molecule has 0 aliphatic heterocycles. The van der Waals surface area contributed by atoms with Crippen molar-refractivity contribution in [1.29, 1.82) is 0 Å². The molecule has 1 amide bonds. The molecule has 0 heterocycles. The van der Waals surface area contributed by atoms with Crippen LogP contribution in [-0.2, 0) is 4.79 Å². The minimum Gasteiger partial charge on any atom is -0.478 e. The average Bonchev–Trinajstić information content (AvgIpc) is 2.75. The summed E-state index contributed by atoms with van der Waals surface area (Å²) in [6.07, 6.45) is -3.06. The van der Waals surface area contributed by atoms with E-state index >= 15 is 0 Å². The lowest BCUT2D eigenvalue weighted by molar-refractivity contribution is -0.192. The molecule has 0 bridgehead atoms. The van der Waals surface area contributed by atoms with Gasteiger partial charge in [-0.1, -0.05) is 24.9 Å². The number of carboxylic acid groups (broad SMARTS) is 2. The average molecular weight is 489 g/mol. The predicted octanol–water partition coefficient (Wildman–Crippen LogP) is 5.55. The molecular formula is C22H24ClF3N2O5. The van der Waals surface area contributed by atoms with Crippen LogP contribution in [0.2, 0.25) is 5.02 Å². The summed E-state index contributed by atoms with van der Waals surface area (Å²) in [5.41, 5.74) is 1.74. The number of benzene rings is 2. The molecule has 0 unspecified atom stereocenters. The van der Waals surface area contributed by atoms with Gasteiger partial charge in [-0.3, -0.25) is 4.79 Å². The number of amides is 1. The van der Waals surface area contributed by atoms with Crippen LogP contribution in [0.15, 0.2) is 42.5 Å². The predicted molar refractivity (Wildman–Crippen MR) is 119 cm³/mol. The number of unbranched alkanes of at least 4 members (excludes halogenated alkanes) is 1. The Hall–Kier alpha value is -3.27. The van der Waals surface area contributed by atoms with Gasteiger partial charge in [0.2, 0.25) is 0 Å². The van der Waals surface area contributed by atoms with Gasteiger partial charge < -0.3 is 20.4 Å². The van der Waals surface area contributed by atoms with Gasteiger partial charge in [0.15, 0.2) is 0 Å². The number of carbonyl (C=O) groups is 3. The third kappa shape index (κ3) is 9.01. The van der Waals surface area contributed by atoms with Crippen LogP contribution in [0.5, 0.6) is 0 Å². The first-order chi connectivity index (χ1) is 15.4. The van der Waals surface area contributed by atoms with E-state index < -0.39 is 18.1 Å². The summed E-state index contributed by atoms with van der Waals surface area (Å²) in [6.45, 7) is 5.61. The van der Waals surface area contributed by atoms with Crippen LogP contribution in [0.3, 0.4) is 0 Å². The van der Waals surface area contributed by atoms with Crippen molar-refractivity contribution >= 4 is 40.8 Å². The zero-order valence-corrected chi connectivity index (χ0v) is 18.7. The van der Waals surface area contributed by atoms with Crippen LogP contribution in [0.1, 0.15) is 47.4 Å². The number of rotatable bonds is 8. The Morgan fingerprint density at radius 3 is 2.06 bits per heavy atom. The maximum atomic E-state index is 12.3. The summed E-state index contributed by atoms with van der Waals surface area (Å²) in [6, 6.07) is 11.5. The lowest BCUT2D eigenvalue weighted by Gasteiger charge is -2.25. The van der Waals surface area contributed by atoms with Crippen molar-refractivity contribution in [3.8, 4) is 0 Å². The van der Waals surface area contributed by atoms with Crippen LogP contribution in [-0.4, -0.2) is 47.3 Å². The van der Waals surface area contributed by atoms with Crippen molar-refractivity contribution in [1.82, 2.24) is 0 Å². The monoisotopic (exact) mass is 488 g/mol. The largest absolute Gasteiger partial charge is 0.490 e. The number of hydrogen-bond donors (Lipinski definition) is 3. The zero-order chi connectivity index (χ0) is 25.2. The standard InChI is InChI=1S/C20H23ClN2O3.C2HF3O2/c1-3-5-12-23(4-2)18-11-10-16(13-17(18)20(25)26)22-19(24)14-6-8-15(21)9-7-14;3-2(4,5)1(6)7/h6-11,13H,3-5,12H2,1-2H3,(H,22,24)(H,25,26);(H,6,7). The van der Waals surface area contributed by atoms with E-state index in [0.717, 1.165) is 25.9 Å². The molecular weight excluding hydrogens is 465 g/mol. The van der Waals surface area contributed by atoms with Gasteiger partial charge in [-0.2, -0.15) is 13.2 Å². The van der Waals surface area contributed by atoms with Gasteiger partial charge >= 0.3 is 18.1 Å². The maximum absolute atomic E-state index is 12.3. The molecule has 0 aliphatic rings. The molecule has 2 aromatic carbocycles. The molecule has 11 heteroatoms. The fourth-order valence-electron chi connectivity index (χ4n) is 2.66. The normalized spacial score (nSPS) is 10.6. The Bertz CT molecular complexity index is 965. The van der Waals surface area contributed by atoms with Crippen molar-refractivity contribution in [3.05, 3.63) is 58.6 Å². The van der Waals surface area contributed by atoms with E-state index in [2.05, 4.69) is 12.2 Å². The summed E-state index contributed by atoms with van der Waals surface area (Å²) < 4.78 is 31.7. The molecule has 0 fully saturated rings. The Kier molecular flexibility index (Phi) is 10.7. The van der Waals surface area contributed by atoms with Crippen molar-refractivity contribution in [3.63, 3.8) is 0 Å². The number of hydrogen-bond acceptors (Lipinski definition) is 4. The van der Waals surface area contributed by atoms with E-state index in [1.54, 1.807) is 36.4 Å². The van der Waals surface area contributed by atoms with Crippen molar-refractivity contribution in [2.45, 2.75) is 32.9 Å². The van der Waals surface area contributed by atoms with E-state index in [4.69, 9.17) is 21.5 Å². The van der Waals surface area contributed by atoms with Gasteiger partial charge in [0.05, 0.1) is 11.3 Å². The van der Waals surface area contributed by atoms with Gasteiger partial charge in [0.25, 0.3) is 5.91 Å². The third-order valence-electron chi connectivity index (χ3n) is 4.34. The highest BCUT2D eigenvalue weighted by atomic mass is 35.5. The first-order valence-electron chi connectivity index (χ1n) is 9.90. The lowest BCUT2D eigenvalue weighted by atomic mass is 10.1.